The van der Waals surface area contributed by atoms with Crippen LogP contribution in [0.2, 0.25) is 0 Å². The average molecular weight is 337 g/mol. The van der Waals surface area contributed by atoms with Crippen molar-refractivity contribution in [1.29, 1.82) is 0 Å². The van der Waals surface area contributed by atoms with Crippen LogP contribution in [-0.2, 0) is 6.42 Å². The molecule has 0 bridgehead atoms. The third-order valence-corrected chi connectivity index (χ3v) is 4.59. The first-order chi connectivity index (χ1) is 12.1. The molecule has 1 aliphatic carbocycles. The zero-order valence-electron chi connectivity index (χ0n) is 14.2. The zero-order chi connectivity index (χ0) is 17.6. The Hall–Kier alpha value is -2.89. The van der Waals surface area contributed by atoms with Gasteiger partial charge in [-0.05, 0) is 44.4 Å². The number of aryl methyl sites for hydroxylation is 2. The molecule has 2 heterocycles. The van der Waals surface area contributed by atoms with Crippen LogP contribution in [0.25, 0.3) is 10.9 Å². The van der Waals surface area contributed by atoms with E-state index in [9.17, 15) is 9.59 Å². The molecular formula is C19H19N3O3. The van der Waals surface area contributed by atoms with Gasteiger partial charge in [-0.2, -0.15) is 0 Å². The van der Waals surface area contributed by atoms with E-state index in [0.717, 1.165) is 30.5 Å². The Morgan fingerprint density at radius 3 is 2.88 bits per heavy atom. The minimum atomic E-state index is -0.249. The predicted molar refractivity (Wildman–Crippen MR) is 95.1 cm³/mol. The monoisotopic (exact) mass is 337 g/mol. The number of nitrogens with one attached hydrogen (secondary N) is 2. The lowest BCUT2D eigenvalue weighted by molar-refractivity contribution is 0.102. The molecule has 0 saturated heterocycles. The molecule has 2 aromatic heterocycles. The fourth-order valence-electron chi connectivity index (χ4n) is 3.05. The van der Waals surface area contributed by atoms with E-state index < -0.39 is 0 Å². The van der Waals surface area contributed by atoms with Gasteiger partial charge < -0.3 is 14.8 Å². The van der Waals surface area contributed by atoms with E-state index >= 15 is 0 Å². The number of amides is 1. The maximum Gasteiger partial charge on any atom is 0.261 e. The molecule has 128 valence electrons. The Bertz CT molecular complexity index is 1030. The molecule has 1 amide bonds. The van der Waals surface area contributed by atoms with Gasteiger partial charge in [0.05, 0.1) is 5.69 Å². The Morgan fingerprint density at radius 1 is 1.36 bits per heavy atom. The highest BCUT2D eigenvalue weighted by atomic mass is 16.5. The summed E-state index contributed by atoms with van der Waals surface area (Å²) in [5, 5.41) is 7.35. The van der Waals surface area contributed by atoms with Gasteiger partial charge >= 0.3 is 0 Å². The van der Waals surface area contributed by atoms with Crippen LogP contribution in [0.1, 0.15) is 53.2 Å². The average Bonchev–Trinajstić information content (AvgIpc) is 3.37. The number of anilines is 1. The number of hydrogen-bond acceptors (Lipinski definition) is 4. The number of H-pyrrole nitrogens is 1. The molecular weight excluding hydrogens is 318 g/mol. The minimum absolute atomic E-state index is 0.0541. The van der Waals surface area contributed by atoms with Gasteiger partial charge in [0, 0.05) is 34.3 Å². The van der Waals surface area contributed by atoms with Crippen LogP contribution in [0.5, 0.6) is 0 Å². The van der Waals surface area contributed by atoms with E-state index in [2.05, 4.69) is 15.5 Å². The van der Waals surface area contributed by atoms with Gasteiger partial charge in [-0.1, -0.05) is 12.1 Å². The van der Waals surface area contributed by atoms with Crippen molar-refractivity contribution in [3.8, 4) is 0 Å². The van der Waals surface area contributed by atoms with Gasteiger partial charge in [-0.25, -0.2) is 0 Å². The second-order valence-corrected chi connectivity index (χ2v) is 6.51. The maximum atomic E-state index is 12.7. The molecule has 0 unspecified atom stereocenters. The second-order valence-electron chi connectivity index (χ2n) is 6.51. The smallest absolute Gasteiger partial charge is 0.261 e. The summed E-state index contributed by atoms with van der Waals surface area (Å²) in [5.41, 5.74) is 3.28. The second kappa shape index (κ2) is 5.88. The molecule has 1 aliphatic rings. The zero-order valence-corrected chi connectivity index (χ0v) is 14.2. The fraction of sp³-hybridized carbons (Fsp3) is 0.316. The van der Waals surface area contributed by atoms with Crippen LogP contribution in [0.4, 0.5) is 5.69 Å². The van der Waals surface area contributed by atoms with Gasteiger partial charge in [0.2, 0.25) is 0 Å². The number of benzene rings is 1. The van der Waals surface area contributed by atoms with E-state index in [-0.39, 0.29) is 11.3 Å². The van der Waals surface area contributed by atoms with Crippen molar-refractivity contribution >= 4 is 22.5 Å². The van der Waals surface area contributed by atoms with Crippen molar-refractivity contribution in [3.63, 3.8) is 0 Å². The van der Waals surface area contributed by atoms with Gasteiger partial charge in [-0.3, -0.25) is 9.59 Å². The first-order valence-electron chi connectivity index (χ1n) is 8.50. The number of carbonyl (C=O) groups excluding carboxylic acids is 1. The molecule has 3 aromatic rings. The van der Waals surface area contributed by atoms with Gasteiger partial charge in [0.1, 0.15) is 5.56 Å². The van der Waals surface area contributed by atoms with E-state index in [1.54, 1.807) is 25.1 Å². The third-order valence-electron chi connectivity index (χ3n) is 4.59. The Kier molecular flexibility index (Phi) is 3.67. The normalized spacial score (nSPS) is 14.0. The summed E-state index contributed by atoms with van der Waals surface area (Å²) in [6.07, 6.45) is 2.82. The number of pyridine rings is 1. The maximum absolute atomic E-state index is 12.7. The SMILES string of the molecule is CCc1cc(=O)c2cc(NC(=O)c3c(C)noc3C3CC3)ccc2[nH]1. The number of carbonyl (C=O) groups is 1. The van der Waals surface area contributed by atoms with Gasteiger partial charge in [0.15, 0.2) is 11.2 Å². The molecule has 1 aromatic carbocycles. The van der Waals surface area contributed by atoms with E-state index in [1.807, 2.05) is 13.0 Å². The molecule has 0 atom stereocenters. The van der Waals surface area contributed by atoms with Crippen molar-refractivity contribution in [2.45, 2.75) is 39.0 Å². The molecule has 1 fully saturated rings. The highest BCUT2D eigenvalue weighted by Gasteiger charge is 2.34. The quantitative estimate of drug-likeness (QED) is 0.762. The Morgan fingerprint density at radius 2 is 2.16 bits per heavy atom. The van der Waals surface area contributed by atoms with Gasteiger partial charge in [-0.15, -0.1) is 0 Å². The van der Waals surface area contributed by atoms with Crippen molar-refractivity contribution < 1.29 is 9.32 Å². The molecule has 0 spiro atoms. The van der Waals surface area contributed by atoms with Crippen molar-refractivity contribution in [3.05, 3.63) is 57.2 Å². The highest BCUT2D eigenvalue weighted by Crippen LogP contribution is 2.42. The number of rotatable bonds is 4. The first kappa shape index (κ1) is 15.6. The Labute approximate surface area is 144 Å². The summed E-state index contributed by atoms with van der Waals surface area (Å²) in [7, 11) is 0. The van der Waals surface area contributed by atoms with Crippen molar-refractivity contribution in [2.75, 3.05) is 5.32 Å². The lowest BCUT2D eigenvalue weighted by atomic mass is 10.1. The van der Waals surface area contributed by atoms with Gasteiger partial charge in [0.25, 0.3) is 5.91 Å². The largest absolute Gasteiger partial charge is 0.360 e. The number of aromatic amines is 1. The minimum Gasteiger partial charge on any atom is -0.360 e. The summed E-state index contributed by atoms with van der Waals surface area (Å²) in [6, 6.07) is 6.90. The van der Waals surface area contributed by atoms with Crippen LogP contribution in [0.3, 0.4) is 0 Å². The van der Waals surface area contributed by atoms with Crippen LogP contribution >= 0.6 is 0 Å². The summed E-state index contributed by atoms with van der Waals surface area (Å²) in [6.45, 7) is 3.76. The molecule has 1 saturated carbocycles. The standard InChI is InChI=1S/C19H19N3O3/c1-3-12-9-16(23)14-8-13(6-7-15(14)20-12)21-19(24)17-10(2)22-25-18(17)11-4-5-11/h6-9,11H,3-5H2,1-2H3,(H,20,23)(H,21,24). The fourth-order valence-corrected chi connectivity index (χ4v) is 3.05. The van der Waals surface area contributed by atoms with Crippen LogP contribution in [0, 0.1) is 6.92 Å². The van der Waals surface area contributed by atoms with Crippen molar-refractivity contribution in [1.82, 2.24) is 10.1 Å². The van der Waals surface area contributed by atoms with Crippen LogP contribution in [-0.4, -0.2) is 16.0 Å². The predicted octanol–water partition coefficient (Wildman–Crippen LogP) is 3.52. The highest BCUT2D eigenvalue weighted by molar-refractivity contribution is 6.06. The number of nitrogens with zero attached hydrogens (tertiary/aromatic N) is 1. The molecule has 0 radical (unpaired) electrons. The molecule has 25 heavy (non-hydrogen) atoms. The summed E-state index contributed by atoms with van der Waals surface area (Å²) in [5.74, 6) is 0.719. The first-order valence-corrected chi connectivity index (χ1v) is 8.50. The Balaban J connectivity index is 1.67. The van der Waals surface area contributed by atoms with Crippen LogP contribution in [0.15, 0.2) is 33.6 Å². The number of aromatic nitrogens is 2. The summed E-state index contributed by atoms with van der Waals surface area (Å²) < 4.78 is 5.33. The number of hydrogen-bond donors (Lipinski definition) is 2. The molecule has 4 rings (SSSR count). The van der Waals surface area contributed by atoms with Crippen molar-refractivity contribution in [2.24, 2.45) is 0 Å². The lowest BCUT2D eigenvalue weighted by Crippen LogP contribution is -2.14. The summed E-state index contributed by atoms with van der Waals surface area (Å²) >= 11 is 0. The van der Waals surface area contributed by atoms with E-state index in [1.165, 1.54) is 0 Å². The van der Waals surface area contributed by atoms with Crippen LogP contribution < -0.4 is 10.7 Å². The number of fused-ring (bicyclic) bond motifs is 1. The lowest BCUT2D eigenvalue weighted by Gasteiger charge is -2.08. The summed E-state index contributed by atoms with van der Waals surface area (Å²) in [4.78, 5) is 28.2. The van der Waals surface area contributed by atoms with E-state index in [4.69, 9.17) is 4.52 Å². The third kappa shape index (κ3) is 2.84. The molecule has 6 nitrogen and oxygen atoms in total. The molecule has 2 N–H and O–H groups in total. The molecule has 6 heteroatoms. The van der Waals surface area contributed by atoms with E-state index in [0.29, 0.717) is 34.0 Å². The topological polar surface area (TPSA) is 88.0 Å². The molecule has 0 aliphatic heterocycles.